The topological polar surface area (TPSA) is 95.1 Å². The molecule has 0 fully saturated rings. The molecule has 0 radical (unpaired) electrons. The van der Waals surface area contributed by atoms with E-state index in [0.717, 1.165) is 16.9 Å². The van der Waals surface area contributed by atoms with E-state index in [4.69, 9.17) is 5.11 Å². The van der Waals surface area contributed by atoms with Crippen molar-refractivity contribution in [3.05, 3.63) is 30.1 Å². The highest BCUT2D eigenvalue weighted by atomic mass is 32.2. The van der Waals surface area contributed by atoms with Gasteiger partial charge in [-0.2, -0.15) is 11.8 Å². The van der Waals surface area contributed by atoms with Crippen LogP contribution in [-0.2, 0) is 15.3 Å². The SMILES string of the molecule is CC(=O)NC(CSCc1nc2ccccc2[nH]1)C(=O)O. The van der Waals surface area contributed by atoms with Gasteiger partial charge in [0.1, 0.15) is 11.9 Å². The molecule has 1 unspecified atom stereocenters. The maximum Gasteiger partial charge on any atom is 0.327 e. The summed E-state index contributed by atoms with van der Waals surface area (Å²) in [6, 6.07) is 6.82. The zero-order valence-corrected chi connectivity index (χ0v) is 11.7. The number of benzene rings is 1. The molecule has 0 bridgehead atoms. The average molecular weight is 293 g/mol. The van der Waals surface area contributed by atoms with E-state index >= 15 is 0 Å². The second-order valence-electron chi connectivity index (χ2n) is 4.31. The number of fused-ring (bicyclic) bond motifs is 1. The number of nitrogens with one attached hydrogen (secondary N) is 2. The van der Waals surface area contributed by atoms with Gasteiger partial charge >= 0.3 is 5.97 Å². The molecule has 0 saturated heterocycles. The Labute approximate surface area is 120 Å². The molecule has 0 spiro atoms. The number of imidazole rings is 1. The number of H-pyrrole nitrogens is 1. The van der Waals surface area contributed by atoms with E-state index in [9.17, 15) is 9.59 Å². The highest BCUT2D eigenvalue weighted by Gasteiger charge is 2.18. The number of para-hydroxylation sites is 2. The Morgan fingerprint density at radius 3 is 2.85 bits per heavy atom. The molecule has 0 aliphatic heterocycles. The lowest BCUT2D eigenvalue weighted by Crippen LogP contribution is -2.41. The number of carbonyl (C=O) groups excluding carboxylic acids is 1. The van der Waals surface area contributed by atoms with E-state index in [1.807, 2.05) is 24.3 Å². The van der Waals surface area contributed by atoms with E-state index in [1.54, 1.807) is 0 Å². The lowest BCUT2D eigenvalue weighted by atomic mass is 10.3. The zero-order valence-electron chi connectivity index (χ0n) is 10.9. The fourth-order valence-corrected chi connectivity index (χ4v) is 2.68. The molecule has 1 atom stereocenters. The van der Waals surface area contributed by atoms with Crippen molar-refractivity contribution in [3.63, 3.8) is 0 Å². The predicted molar refractivity (Wildman–Crippen MR) is 77.5 cm³/mol. The highest BCUT2D eigenvalue weighted by molar-refractivity contribution is 7.98. The summed E-state index contributed by atoms with van der Waals surface area (Å²) >= 11 is 1.41. The number of carboxylic acids is 1. The van der Waals surface area contributed by atoms with Crippen LogP contribution < -0.4 is 5.32 Å². The Morgan fingerprint density at radius 2 is 2.20 bits per heavy atom. The first-order chi connectivity index (χ1) is 9.56. The molecule has 7 heteroatoms. The van der Waals surface area contributed by atoms with Crippen molar-refractivity contribution in [1.29, 1.82) is 0 Å². The number of hydrogen-bond donors (Lipinski definition) is 3. The first-order valence-corrected chi connectivity index (χ1v) is 7.23. The van der Waals surface area contributed by atoms with E-state index in [-0.39, 0.29) is 5.91 Å². The Hall–Kier alpha value is -2.02. The number of nitrogens with zero attached hydrogens (tertiary/aromatic N) is 1. The Morgan fingerprint density at radius 1 is 1.45 bits per heavy atom. The van der Waals surface area contributed by atoms with E-state index in [1.165, 1.54) is 18.7 Å². The number of thioether (sulfide) groups is 1. The second kappa shape index (κ2) is 6.42. The van der Waals surface area contributed by atoms with Crippen molar-refractivity contribution < 1.29 is 14.7 Å². The van der Waals surface area contributed by atoms with Gasteiger partial charge in [-0.1, -0.05) is 12.1 Å². The minimum atomic E-state index is -1.03. The number of amides is 1. The zero-order chi connectivity index (χ0) is 14.5. The van der Waals surface area contributed by atoms with Crippen molar-refractivity contribution in [2.24, 2.45) is 0 Å². The molecule has 0 saturated carbocycles. The van der Waals surface area contributed by atoms with Gasteiger partial charge in [-0.25, -0.2) is 9.78 Å². The van der Waals surface area contributed by atoms with Gasteiger partial charge < -0.3 is 15.4 Å². The fourth-order valence-electron chi connectivity index (χ4n) is 1.77. The summed E-state index contributed by atoms with van der Waals surface area (Å²) in [5, 5.41) is 11.4. The number of aromatic amines is 1. The summed E-state index contributed by atoms with van der Waals surface area (Å²) < 4.78 is 0. The molecule has 3 N–H and O–H groups in total. The second-order valence-corrected chi connectivity index (χ2v) is 5.34. The standard InChI is InChI=1S/C13H15N3O3S/c1-8(17)14-11(13(18)19)6-20-7-12-15-9-4-2-3-5-10(9)16-12/h2-5,11H,6-7H2,1H3,(H,14,17)(H,15,16)(H,18,19). The van der Waals surface area contributed by atoms with Gasteiger partial charge in [0.15, 0.2) is 0 Å². The lowest BCUT2D eigenvalue weighted by molar-refractivity contribution is -0.140. The van der Waals surface area contributed by atoms with Crippen molar-refractivity contribution in [2.45, 2.75) is 18.7 Å². The smallest absolute Gasteiger partial charge is 0.327 e. The maximum absolute atomic E-state index is 11.0. The first kappa shape index (κ1) is 14.4. The molecular formula is C13H15N3O3S. The van der Waals surface area contributed by atoms with E-state index in [0.29, 0.717) is 11.5 Å². The summed E-state index contributed by atoms with van der Waals surface area (Å²) in [5.41, 5.74) is 1.85. The molecule has 2 rings (SSSR count). The van der Waals surface area contributed by atoms with Crippen LogP contribution in [0.15, 0.2) is 24.3 Å². The Bertz CT molecular complexity index is 593. The third-order valence-corrected chi connectivity index (χ3v) is 3.68. The molecular weight excluding hydrogens is 278 g/mol. The number of aromatic nitrogens is 2. The molecule has 1 amide bonds. The molecule has 6 nitrogen and oxygen atoms in total. The molecule has 0 aliphatic rings. The maximum atomic E-state index is 11.0. The van der Waals surface area contributed by atoms with Crippen LogP contribution >= 0.6 is 11.8 Å². The van der Waals surface area contributed by atoms with Crippen LogP contribution in [0.4, 0.5) is 0 Å². The molecule has 20 heavy (non-hydrogen) atoms. The van der Waals surface area contributed by atoms with Crippen molar-refractivity contribution >= 4 is 34.7 Å². The monoisotopic (exact) mass is 293 g/mol. The summed E-state index contributed by atoms with van der Waals surface area (Å²) in [7, 11) is 0. The minimum absolute atomic E-state index is 0.298. The number of rotatable bonds is 6. The third kappa shape index (κ3) is 3.74. The van der Waals surface area contributed by atoms with Crippen LogP contribution in [0.5, 0.6) is 0 Å². The number of carbonyl (C=O) groups is 2. The van der Waals surface area contributed by atoms with Gasteiger partial charge in [0, 0.05) is 12.7 Å². The molecule has 2 aromatic rings. The highest BCUT2D eigenvalue weighted by Crippen LogP contribution is 2.15. The minimum Gasteiger partial charge on any atom is -0.480 e. The van der Waals surface area contributed by atoms with Crippen molar-refractivity contribution in [1.82, 2.24) is 15.3 Å². The summed E-state index contributed by atoms with van der Waals surface area (Å²) in [5.74, 6) is 0.284. The molecule has 1 heterocycles. The average Bonchev–Trinajstić information content (AvgIpc) is 2.79. The van der Waals surface area contributed by atoms with Crippen LogP contribution in [0.25, 0.3) is 11.0 Å². The van der Waals surface area contributed by atoms with Crippen LogP contribution in [0.3, 0.4) is 0 Å². The normalized spacial score (nSPS) is 12.2. The van der Waals surface area contributed by atoms with Crippen LogP contribution in [-0.4, -0.2) is 38.7 Å². The number of carboxylic acid groups (broad SMARTS) is 1. The van der Waals surface area contributed by atoms with Gasteiger partial charge in [0.25, 0.3) is 0 Å². The molecule has 0 aliphatic carbocycles. The van der Waals surface area contributed by atoms with Gasteiger partial charge in [-0.15, -0.1) is 0 Å². The number of hydrogen-bond acceptors (Lipinski definition) is 4. The van der Waals surface area contributed by atoms with Crippen LogP contribution in [0, 0.1) is 0 Å². The number of aliphatic carboxylic acids is 1. The van der Waals surface area contributed by atoms with Gasteiger partial charge in [0.05, 0.1) is 16.8 Å². The van der Waals surface area contributed by atoms with Gasteiger partial charge in [-0.3, -0.25) is 4.79 Å². The van der Waals surface area contributed by atoms with E-state index < -0.39 is 12.0 Å². The van der Waals surface area contributed by atoms with Gasteiger partial charge in [0.2, 0.25) is 5.91 Å². The summed E-state index contributed by atoms with van der Waals surface area (Å²) in [6.07, 6.45) is 0. The van der Waals surface area contributed by atoms with Crippen LogP contribution in [0.2, 0.25) is 0 Å². The molecule has 106 valence electrons. The Balaban J connectivity index is 1.91. The predicted octanol–water partition coefficient (Wildman–Crippen LogP) is 1.39. The quantitative estimate of drug-likeness (QED) is 0.748. The van der Waals surface area contributed by atoms with E-state index in [2.05, 4.69) is 15.3 Å². The van der Waals surface area contributed by atoms with Gasteiger partial charge in [-0.05, 0) is 12.1 Å². The summed E-state index contributed by atoms with van der Waals surface area (Å²) in [6.45, 7) is 1.31. The largest absolute Gasteiger partial charge is 0.480 e. The lowest BCUT2D eigenvalue weighted by Gasteiger charge is -2.11. The van der Waals surface area contributed by atoms with Crippen molar-refractivity contribution in [2.75, 3.05) is 5.75 Å². The molecule has 1 aromatic heterocycles. The summed E-state index contributed by atoms with van der Waals surface area (Å²) in [4.78, 5) is 29.5. The van der Waals surface area contributed by atoms with Crippen molar-refractivity contribution in [3.8, 4) is 0 Å². The van der Waals surface area contributed by atoms with Crippen LogP contribution in [0.1, 0.15) is 12.7 Å². The fraction of sp³-hybridized carbons (Fsp3) is 0.308. The third-order valence-electron chi connectivity index (χ3n) is 2.64. The Kier molecular flexibility index (Phi) is 4.62. The molecule has 1 aromatic carbocycles. The first-order valence-electron chi connectivity index (χ1n) is 6.07.